The summed E-state index contributed by atoms with van der Waals surface area (Å²) in [6.45, 7) is 2.91. The van der Waals surface area contributed by atoms with Gasteiger partial charge in [-0.25, -0.2) is 0 Å². The number of hydrogen-bond acceptors (Lipinski definition) is 1. The number of benzene rings is 2. The van der Waals surface area contributed by atoms with Gasteiger partial charge in [0.1, 0.15) is 0 Å². The van der Waals surface area contributed by atoms with Gasteiger partial charge in [-0.2, -0.15) is 0 Å². The molecule has 96 valence electrons. The van der Waals surface area contributed by atoms with Crippen LogP contribution in [0.15, 0.2) is 66.9 Å². The van der Waals surface area contributed by atoms with Crippen LogP contribution in [0.2, 0.25) is 0 Å². The summed E-state index contributed by atoms with van der Waals surface area (Å²) in [5.74, 6) is 0. The van der Waals surface area contributed by atoms with Gasteiger partial charge in [0, 0.05) is 31.3 Å². The van der Waals surface area contributed by atoms with Gasteiger partial charge < -0.3 is 9.88 Å². The van der Waals surface area contributed by atoms with E-state index < -0.39 is 0 Å². The topological polar surface area (TPSA) is 17.0 Å². The van der Waals surface area contributed by atoms with Crippen LogP contribution in [0, 0.1) is 0 Å². The second-order valence-electron chi connectivity index (χ2n) is 4.73. The van der Waals surface area contributed by atoms with Crippen LogP contribution in [0.4, 0.5) is 0 Å². The van der Waals surface area contributed by atoms with Crippen LogP contribution < -0.4 is 5.32 Å². The molecule has 0 aliphatic carbocycles. The van der Waals surface area contributed by atoms with E-state index in [1.165, 1.54) is 16.5 Å². The van der Waals surface area contributed by atoms with E-state index in [0.717, 1.165) is 19.6 Å². The van der Waals surface area contributed by atoms with E-state index in [1.54, 1.807) is 0 Å². The van der Waals surface area contributed by atoms with E-state index in [-0.39, 0.29) is 0 Å². The summed E-state index contributed by atoms with van der Waals surface area (Å²) >= 11 is 0. The molecule has 19 heavy (non-hydrogen) atoms. The summed E-state index contributed by atoms with van der Waals surface area (Å²) in [6, 6.07) is 21.2. The highest BCUT2D eigenvalue weighted by molar-refractivity contribution is 5.79. The Morgan fingerprint density at radius 1 is 0.842 bits per heavy atom. The Bertz CT molecular complexity index is 640. The van der Waals surface area contributed by atoms with Gasteiger partial charge in [-0.15, -0.1) is 0 Å². The molecule has 0 aliphatic heterocycles. The van der Waals surface area contributed by atoms with Crippen LogP contribution in [-0.4, -0.2) is 11.1 Å². The van der Waals surface area contributed by atoms with Gasteiger partial charge in [0.05, 0.1) is 0 Å². The second-order valence-corrected chi connectivity index (χ2v) is 4.73. The quantitative estimate of drug-likeness (QED) is 0.686. The molecule has 1 heterocycles. The number of para-hydroxylation sites is 1. The zero-order chi connectivity index (χ0) is 12.9. The molecule has 0 fully saturated rings. The highest BCUT2D eigenvalue weighted by Crippen LogP contribution is 2.14. The molecular weight excluding hydrogens is 232 g/mol. The summed E-state index contributed by atoms with van der Waals surface area (Å²) in [6.07, 6.45) is 2.16. The molecule has 2 heteroatoms. The number of hydrogen-bond donors (Lipinski definition) is 1. The smallest absolute Gasteiger partial charge is 0.0480 e. The molecule has 3 aromatic rings. The molecule has 0 aliphatic rings. The monoisotopic (exact) mass is 250 g/mol. The molecule has 0 bridgehead atoms. The molecule has 0 spiro atoms. The molecule has 0 atom stereocenters. The molecule has 1 aromatic heterocycles. The normalized spacial score (nSPS) is 10.9. The van der Waals surface area contributed by atoms with Crippen molar-refractivity contribution >= 4 is 10.9 Å². The number of nitrogens with zero attached hydrogens (tertiary/aromatic N) is 1. The average Bonchev–Trinajstić information content (AvgIpc) is 2.88. The van der Waals surface area contributed by atoms with E-state index in [4.69, 9.17) is 0 Å². The Morgan fingerprint density at radius 3 is 2.53 bits per heavy atom. The third-order valence-corrected chi connectivity index (χ3v) is 3.38. The van der Waals surface area contributed by atoms with Crippen LogP contribution in [0.1, 0.15) is 5.56 Å². The van der Waals surface area contributed by atoms with Crippen molar-refractivity contribution in [1.29, 1.82) is 0 Å². The zero-order valence-corrected chi connectivity index (χ0v) is 10.9. The van der Waals surface area contributed by atoms with Crippen molar-refractivity contribution < 1.29 is 0 Å². The SMILES string of the molecule is c1ccc(CNCCn2ccc3ccccc32)cc1. The van der Waals surface area contributed by atoms with Gasteiger partial charge in [-0.05, 0) is 23.1 Å². The molecule has 0 radical (unpaired) electrons. The predicted molar refractivity (Wildman–Crippen MR) is 80.1 cm³/mol. The minimum Gasteiger partial charge on any atom is -0.346 e. The Hall–Kier alpha value is -2.06. The minimum atomic E-state index is 0.931. The third-order valence-electron chi connectivity index (χ3n) is 3.38. The first-order valence-corrected chi connectivity index (χ1v) is 6.72. The Labute approximate surface area is 113 Å². The molecule has 0 saturated carbocycles. The van der Waals surface area contributed by atoms with Gasteiger partial charge in [-0.3, -0.25) is 0 Å². The Morgan fingerprint density at radius 2 is 1.63 bits per heavy atom. The third kappa shape index (κ3) is 2.85. The van der Waals surface area contributed by atoms with E-state index in [2.05, 4.69) is 76.7 Å². The van der Waals surface area contributed by atoms with E-state index in [0.29, 0.717) is 0 Å². The van der Waals surface area contributed by atoms with Crippen molar-refractivity contribution in [2.24, 2.45) is 0 Å². The summed E-state index contributed by atoms with van der Waals surface area (Å²) in [4.78, 5) is 0. The zero-order valence-electron chi connectivity index (χ0n) is 10.9. The number of aromatic nitrogens is 1. The van der Waals surface area contributed by atoms with Crippen molar-refractivity contribution in [2.45, 2.75) is 13.1 Å². The van der Waals surface area contributed by atoms with Gasteiger partial charge in [0.15, 0.2) is 0 Å². The van der Waals surface area contributed by atoms with Crippen LogP contribution >= 0.6 is 0 Å². The molecular formula is C17H18N2. The van der Waals surface area contributed by atoms with Gasteiger partial charge in [0.25, 0.3) is 0 Å². The fourth-order valence-electron chi connectivity index (χ4n) is 2.36. The maximum Gasteiger partial charge on any atom is 0.0480 e. The summed E-state index contributed by atoms with van der Waals surface area (Å²) < 4.78 is 2.30. The highest BCUT2D eigenvalue weighted by Gasteiger charge is 1.99. The van der Waals surface area contributed by atoms with Gasteiger partial charge in [0.2, 0.25) is 0 Å². The van der Waals surface area contributed by atoms with Crippen molar-refractivity contribution in [3.63, 3.8) is 0 Å². The number of rotatable bonds is 5. The van der Waals surface area contributed by atoms with Crippen LogP contribution in [-0.2, 0) is 13.1 Å². The Balaban J connectivity index is 1.55. The Kier molecular flexibility index (Phi) is 3.61. The van der Waals surface area contributed by atoms with Crippen LogP contribution in [0.3, 0.4) is 0 Å². The molecule has 2 nitrogen and oxygen atoms in total. The van der Waals surface area contributed by atoms with Crippen molar-refractivity contribution in [1.82, 2.24) is 9.88 Å². The lowest BCUT2D eigenvalue weighted by Gasteiger charge is -2.07. The van der Waals surface area contributed by atoms with Gasteiger partial charge >= 0.3 is 0 Å². The lowest BCUT2D eigenvalue weighted by molar-refractivity contribution is 0.609. The molecule has 2 aromatic carbocycles. The summed E-state index contributed by atoms with van der Waals surface area (Å²) in [5, 5.41) is 4.79. The predicted octanol–water partition coefficient (Wildman–Crippen LogP) is 3.43. The minimum absolute atomic E-state index is 0.931. The molecule has 0 unspecified atom stereocenters. The first kappa shape index (κ1) is 12.0. The fourth-order valence-corrected chi connectivity index (χ4v) is 2.36. The van der Waals surface area contributed by atoms with E-state index >= 15 is 0 Å². The average molecular weight is 250 g/mol. The number of fused-ring (bicyclic) bond motifs is 1. The molecule has 0 amide bonds. The standard InChI is InChI=1S/C17H18N2/c1-2-6-15(7-3-1)14-18-11-13-19-12-10-16-8-4-5-9-17(16)19/h1-10,12,18H,11,13-14H2. The number of nitrogens with one attached hydrogen (secondary N) is 1. The van der Waals surface area contributed by atoms with Crippen molar-refractivity contribution in [3.8, 4) is 0 Å². The maximum atomic E-state index is 3.48. The van der Waals surface area contributed by atoms with Crippen LogP contribution in [0.25, 0.3) is 10.9 Å². The van der Waals surface area contributed by atoms with Crippen molar-refractivity contribution in [2.75, 3.05) is 6.54 Å². The first-order valence-electron chi connectivity index (χ1n) is 6.72. The lowest BCUT2D eigenvalue weighted by Crippen LogP contribution is -2.19. The summed E-state index contributed by atoms with van der Waals surface area (Å²) in [7, 11) is 0. The molecule has 3 rings (SSSR count). The fraction of sp³-hybridized carbons (Fsp3) is 0.176. The van der Waals surface area contributed by atoms with Crippen molar-refractivity contribution in [3.05, 3.63) is 72.4 Å². The lowest BCUT2D eigenvalue weighted by atomic mass is 10.2. The van der Waals surface area contributed by atoms with E-state index in [1.807, 2.05) is 0 Å². The first-order chi connectivity index (χ1) is 9.43. The van der Waals surface area contributed by atoms with E-state index in [9.17, 15) is 0 Å². The maximum absolute atomic E-state index is 3.48. The second kappa shape index (κ2) is 5.72. The largest absolute Gasteiger partial charge is 0.346 e. The highest BCUT2D eigenvalue weighted by atomic mass is 15.0. The van der Waals surface area contributed by atoms with Crippen LogP contribution in [0.5, 0.6) is 0 Å². The van der Waals surface area contributed by atoms with Gasteiger partial charge in [-0.1, -0.05) is 48.5 Å². The molecule has 0 saturated heterocycles. The summed E-state index contributed by atoms with van der Waals surface area (Å²) in [5.41, 5.74) is 2.64. The molecule has 1 N–H and O–H groups in total.